The van der Waals surface area contributed by atoms with Gasteiger partial charge in [0.15, 0.2) is 16.7 Å². The SMILES string of the molecule is COc1cc(CNC(=O)CCc2c(C)nc(SC)nc2C)ccc1OCC1CCCO1. The minimum absolute atomic E-state index is 0.00887. The molecule has 1 fully saturated rings. The van der Waals surface area contributed by atoms with Crippen molar-refractivity contribution in [2.24, 2.45) is 0 Å². The van der Waals surface area contributed by atoms with Gasteiger partial charge < -0.3 is 19.5 Å². The Labute approximate surface area is 188 Å². The number of amides is 1. The number of hydrogen-bond acceptors (Lipinski definition) is 7. The Morgan fingerprint density at radius 2 is 2.03 bits per heavy atom. The second-order valence-corrected chi connectivity index (χ2v) is 8.34. The van der Waals surface area contributed by atoms with Gasteiger partial charge >= 0.3 is 0 Å². The third-order valence-corrected chi connectivity index (χ3v) is 5.90. The molecule has 1 aromatic heterocycles. The zero-order chi connectivity index (χ0) is 22.2. The van der Waals surface area contributed by atoms with Crippen molar-refractivity contribution >= 4 is 17.7 Å². The van der Waals surface area contributed by atoms with Crippen LogP contribution in [0.1, 0.15) is 41.8 Å². The molecular formula is C23H31N3O4S. The van der Waals surface area contributed by atoms with Crippen molar-refractivity contribution < 1.29 is 19.0 Å². The van der Waals surface area contributed by atoms with E-state index in [1.165, 1.54) is 11.8 Å². The van der Waals surface area contributed by atoms with E-state index in [1.54, 1.807) is 7.11 Å². The Morgan fingerprint density at radius 1 is 1.26 bits per heavy atom. The van der Waals surface area contributed by atoms with Crippen LogP contribution >= 0.6 is 11.8 Å². The van der Waals surface area contributed by atoms with E-state index in [0.29, 0.717) is 37.5 Å². The van der Waals surface area contributed by atoms with Crippen molar-refractivity contribution in [3.8, 4) is 11.5 Å². The van der Waals surface area contributed by atoms with Crippen LogP contribution in [0.4, 0.5) is 0 Å². The van der Waals surface area contributed by atoms with Crippen LogP contribution < -0.4 is 14.8 Å². The van der Waals surface area contributed by atoms with Crippen LogP contribution in [0.25, 0.3) is 0 Å². The van der Waals surface area contributed by atoms with Crippen LogP contribution in [0.3, 0.4) is 0 Å². The molecule has 1 aliphatic heterocycles. The standard InChI is InChI=1S/C23H31N3O4S/c1-15-19(16(2)26-23(25-15)31-4)8-10-22(27)24-13-17-7-9-20(21(12-17)28-3)30-14-18-6-5-11-29-18/h7,9,12,18H,5-6,8,10-11,13-14H2,1-4H3,(H,24,27). The number of carbonyl (C=O) groups is 1. The highest BCUT2D eigenvalue weighted by Gasteiger charge is 2.17. The number of nitrogens with one attached hydrogen (secondary N) is 1. The largest absolute Gasteiger partial charge is 0.493 e. The summed E-state index contributed by atoms with van der Waals surface area (Å²) in [4.78, 5) is 21.3. The molecule has 1 aromatic carbocycles. The summed E-state index contributed by atoms with van der Waals surface area (Å²) < 4.78 is 16.9. The topological polar surface area (TPSA) is 82.6 Å². The Kier molecular flexibility index (Phi) is 8.54. The predicted octanol–water partition coefficient (Wildman–Crippen LogP) is 3.63. The lowest BCUT2D eigenvalue weighted by Crippen LogP contribution is -2.23. The number of benzene rings is 1. The molecule has 0 saturated carbocycles. The number of nitrogens with zero attached hydrogens (tertiary/aromatic N) is 2. The highest BCUT2D eigenvalue weighted by Crippen LogP contribution is 2.29. The van der Waals surface area contributed by atoms with E-state index in [4.69, 9.17) is 14.2 Å². The molecule has 0 spiro atoms. The van der Waals surface area contributed by atoms with Crippen LogP contribution in [0.2, 0.25) is 0 Å². The number of ether oxygens (including phenoxy) is 3. The Hall–Kier alpha value is -2.32. The molecule has 1 unspecified atom stereocenters. The molecular weight excluding hydrogens is 414 g/mol. The van der Waals surface area contributed by atoms with Gasteiger partial charge in [0.05, 0.1) is 13.2 Å². The van der Waals surface area contributed by atoms with Crippen LogP contribution in [0.15, 0.2) is 23.4 Å². The summed E-state index contributed by atoms with van der Waals surface area (Å²) in [7, 11) is 1.62. The van der Waals surface area contributed by atoms with Crippen LogP contribution in [-0.2, 0) is 22.5 Å². The first kappa shape index (κ1) is 23.3. The number of methoxy groups -OCH3 is 1. The summed E-state index contributed by atoms with van der Waals surface area (Å²) in [5, 5.41) is 3.74. The van der Waals surface area contributed by atoms with E-state index in [1.807, 2.05) is 38.3 Å². The van der Waals surface area contributed by atoms with Gasteiger partial charge in [-0.25, -0.2) is 9.97 Å². The number of rotatable bonds is 10. The van der Waals surface area contributed by atoms with Gasteiger partial charge in [0.1, 0.15) is 6.61 Å². The number of thioether (sulfide) groups is 1. The van der Waals surface area contributed by atoms with Crippen molar-refractivity contribution in [1.29, 1.82) is 0 Å². The molecule has 1 atom stereocenters. The van der Waals surface area contributed by atoms with E-state index in [-0.39, 0.29) is 12.0 Å². The van der Waals surface area contributed by atoms with Gasteiger partial charge in [-0.3, -0.25) is 4.79 Å². The van der Waals surface area contributed by atoms with Crippen molar-refractivity contribution in [3.63, 3.8) is 0 Å². The average Bonchev–Trinajstić information content (AvgIpc) is 3.29. The van der Waals surface area contributed by atoms with Crippen LogP contribution in [0, 0.1) is 13.8 Å². The summed E-state index contributed by atoms with van der Waals surface area (Å²) >= 11 is 1.52. The molecule has 1 aliphatic rings. The Balaban J connectivity index is 1.50. The van der Waals surface area contributed by atoms with Crippen LogP contribution in [0.5, 0.6) is 11.5 Å². The summed E-state index contributed by atoms with van der Waals surface area (Å²) in [6, 6.07) is 5.72. The van der Waals surface area contributed by atoms with Crippen molar-refractivity contribution in [1.82, 2.24) is 15.3 Å². The molecule has 2 aromatic rings. The smallest absolute Gasteiger partial charge is 0.220 e. The Bertz CT molecular complexity index is 877. The first-order chi connectivity index (χ1) is 15.0. The average molecular weight is 446 g/mol. The van der Waals surface area contributed by atoms with Gasteiger partial charge in [-0.1, -0.05) is 17.8 Å². The normalized spacial score (nSPS) is 15.7. The second kappa shape index (κ2) is 11.3. The molecule has 0 radical (unpaired) electrons. The highest BCUT2D eigenvalue weighted by molar-refractivity contribution is 7.98. The first-order valence-corrected chi connectivity index (χ1v) is 11.8. The zero-order valence-electron chi connectivity index (χ0n) is 18.7. The maximum atomic E-state index is 12.4. The number of carbonyl (C=O) groups excluding carboxylic acids is 1. The molecule has 1 N–H and O–H groups in total. The molecule has 0 aliphatic carbocycles. The molecule has 8 heteroatoms. The van der Waals surface area contributed by atoms with Gasteiger partial charge in [-0.2, -0.15) is 0 Å². The molecule has 7 nitrogen and oxygen atoms in total. The summed E-state index contributed by atoms with van der Waals surface area (Å²) in [5.41, 5.74) is 3.87. The van der Waals surface area contributed by atoms with E-state index in [9.17, 15) is 4.79 Å². The molecule has 0 bridgehead atoms. The zero-order valence-corrected chi connectivity index (χ0v) is 19.5. The molecule has 1 amide bonds. The third-order valence-electron chi connectivity index (χ3n) is 5.35. The number of aryl methyl sites for hydroxylation is 2. The van der Waals surface area contributed by atoms with E-state index in [2.05, 4.69) is 15.3 Å². The van der Waals surface area contributed by atoms with Gasteiger partial charge in [0.2, 0.25) is 5.91 Å². The van der Waals surface area contributed by atoms with E-state index in [0.717, 1.165) is 47.1 Å². The van der Waals surface area contributed by atoms with Gasteiger partial charge in [0, 0.05) is 31.0 Å². The van der Waals surface area contributed by atoms with Crippen molar-refractivity contribution in [2.75, 3.05) is 26.6 Å². The first-order valence-electron chi connectivity index (χ1n) is 10.6. The third kappa shape index (κ3) is 6.58. The fourth-order valence-corrected chi connectivity index (χ4v) is 4.05. The van der Waals surface area contributed by atoms with E-state index < -0.39 is 0 Å². The fraction of sp³-hybridized carbons (Fsp3) is 0.522. The Morgan fingerprint density at radius 3 is 2.68 bits per heavy atom. The monoisotopic (exact) mass is 445 g/mol. The summed E-state index contributed by atoms with van der Waals surface area (Å²) in [6.45, 7) is 5.69. The minimum Gasteiger partial charge on any atom is -0.493 e. The lowest BCUT2D eigenvalue weighted by molar-refractivity contribution is -0.121. The maximum absolute atomic E-state index is 12.4. The molecule has 2 heterocycles. The fourth-order valence-electron chi connectivity index (χ4n) is 3.59. The van der Waals surface area contributed by atoms with E-state index >= 15 is 0 Å². The molecule has 1 saturated heterocycles. The summed E-state index contributed by atoms with van der Waals surface area (Å²) in [6.07, 6.45) is 5.23. The predicted molar refractivity (Wildman–Crippen MR) is 121 cm³/mol. The number of hydrogen-bond donors (Lipinski definition) is 1. The van der Waals surface area contributed by atoms with Crippen molar-refractivity contribution in [3.05, 3.63) is 40.7 Å². The lowest BCUT2D eigenvalue weighted by atomic mass is 10.1. The minimum atomic E-state index is -0.00887. The van der Waals surface area contributed by atoms with Crippen LogP contribution in [-0.4, -0.2) is 48.6 Å². The number of aromatic nitrogens is 2. The highest BCUT2D eigenvalue weighted by atomic mass is 32.2. The lowest BCUT2D eigenvalue weighted by Gasteiger charge is -2.15. The summed E-state index contributed by atoms with van der Waals surface area (Å²) in [5.74, 6) is 1.33. The second-order valence-electron chi connectivity index (χ2n) is 7.57. The molecule has 3 rings (SSSR count). The van der Waals surface area contributed by atoms with Gasteiger partial charge in [-0.15, -0.1) is 0 Å². The van der Waals surface area contributed by atoms with Gasteiger partial charge in [-0.05, 0) is 62.6 Å². The molecule has 31 heavy (non-hydrogen) atoms. The maximum Gasteiger partial charge on any atom is 0.220 e. The molecule has 168 valence electrons. The quantitative estimate of drug-likeness (QED) is 0.442. The van der Waals surface area contributed by atoms with Crippen molar-refractivity contribution in [2.45, 2.75) is 57.3 Å². The van der Waals surface area contributed by atoms with Gasteiger partial charge in [0.25, 0.3) is 0 Å².